The first-order valence-corrected chi connectivity index (χ1v) is 7.70. The summed E-state index contributed by atoms with van der Waals surface area (Å²) in [5.41, 5.74) is 6.51. The Morgan fingerprint density at radius 3 is 2.62 bits per heavy atom. The third-order valence-electron chi connectivity index (χ3n) is 4.44. The summed E-state index contributed by atoms with van der Waals surface area (Å²) in [5.74, 6) is 1.15. The maximum Gasteiger partial charge on any atom is 0.273 e. The Balaban J connectivity index is 0.00000161. The van der Waals surface area contributed by atoms with Gasteiger partial charge in [0.25, 0.3) is 5.91 Å². The number of carbonyl (C=O) groups excluding carboxylic acids is 1. The predicted octanol–water partition coefficient (Wildman–Crippen LogP) is 2.76. The molecule has 3 rings (SSSR count). The zero-order chi connectivity index (χ0) is 14.0. The molecule has 2 aliphatic rings. The molecule has 0 saturated heterocycles. The molecule has 0 spiro atoms. The van der Waals surface area contributed by atoms with Crippen LogP contribution in [0, 0.1) is 0 Å². The van der Waals surface area contributed by atoms with Gasteiger partial charge in [0.05, 0.1) is 0 Å². The topological polar surface area (TPSA) is 81.1 Å². The highest BCUT2D eigenvalue weighted by atomic mass is 35.5. The van der Waals surface area contributed by atoms with Crippen molar-refractivity contribution < 1.29 is 9.32 Å². The SMILES string of the molecule is Cl.NC1(CNC(=O)c2cc(C3CC3)on2)CCCCCC1. The quantitative estimate of drug-likeness (QED) is 0.837. The van der Waals surface area contributed by atoms with Gasteiger partial charge < -0.3 is 15.6 Å². The van der Waals surface area contributed by atoms with E-state index in [2.05, 4.69) is 10.5 Å². The van der Waals surface area contributed by atoms with Crippen molar-refractivity contribution in [1.29, 1.82) is 0 Å². The second kappa shape index (κ2) is 6.79. The van der Waals surface area contributed by atoms with Gasteiger partial charge in [-0.1, -0.05) is 30.8 Å². The minimum absolute atomic E-state index is 0. The van der Waals surface area contributed by atoms with Crippen molar-refractivity contribution in [2.45, 2.75) is 62.8 Å². The molecule has 0 atom stereocenters. The van der Waals surface area contributed by atoms with Crippen LogP contribution in [0.15, 0.2) is 10.6 Å². The van der Waals surface area contributed by atoms with Gasteiger partial charge in [-0.15, -0.1) is 12.4 Å². The Hall–Kier alpha value is -1.07. The van der Waals surface area contributed by atoms with Crippen molar-refractivity contribution in [3.05, 3.63) is 17.5 Å². The Morgan fingerprint density at radius 1 is 1.33 bits per heavy atom. The van der Waals surface area contributed by atoms with E-state index >= 15 is 0 Å². The van der Waals surface area contributed by atoms with Gasteiger partial charge in [-0.2, -0.15) is 0 Å². The van der Waals surface area contributed by atoms with Crippen LogP contribution < -0.4 is 11.1 Å². The normalized spacial score (nSPS) is 21.2. The van der Waals surface area contributed by atoms with Crippen molar-refractivity contribution >= 4 is 18.3 Å². The molecule has 0 bridgehead atoms. The number of nitrogens with one attached hydrogen (secondary N) is 1. The summed E-state index contributed by atoms with van der Waals surface area (Å²) in [7, 11) is 0. The number of aromatic nitrogens is 1. The lowest BCUT2D eigenvalue weighted by Crippen LogP contribution is -2.49. The molecule has 1 amide bonds. The van der Waals surface area contributed by atoms with E-state index in [1.54, 1.807) is 6.07 Å². The molecule has 0 unspecified atom stereocenters. The van der Waals surface area contributed by atoms with E-state index < -0.39 is 0 Å². The number of halogens is 1. The fraction of sp³-hybridized carbons (Fsp3) is 0.733. The van der Waals surface area contributed by atoms with Crippen molar-refractivity contribution in [1.82, 2.24) is 10.5 Å². The number of hydrogen-bond donors (Lipinski definition) is 2. The zero-order valence-corrected chi connectivity index (χ0v) is 13.1. The predicted molar refractivity (Wildman–Crippen MR) is 82.7 cm³/mol. The van der Waals surface area contributed by atoms with Gasteiger partial charge in [0.2, 0.25) is 0 Å². The smallest absolute Gasteiger partial charge is 0.273 e. The van der Waals surface area contributed by atoms with Crippen LogP contribution in [0.1, 0.15) is 73.5 Å². The lowest BCUT2D eigenvalue weighted by Gasteiger charge is -2.28. The monoisotopic (exact) mass is 313 g/mol. The minimum atomic E-state index is -0.255. The summed E-state index contributed by atoms with van der Waals surface area (Å²) >= 11 is 0. The third-order valence-corrected chi connectivity index (χ3v) is 4.44. The highest BCUT2D eigenvalue weighted by Crippen LogP contribution is 2.40. The molecule has 21 heavy (non-hydrogen) atoms. The summed E-state index contributed by atoms with van der Waals surface area (Å²) < 4.78 is 5.20. The fourth-order valence-corrected chi connectivity index (χ4v) is 2.91. The van der Waals surface area contributed by atoms with Gasteiger partial charge in [-0.05, 0) is 25.7 Å². The number of nitrogens with zero attached hydrogens (tertiary/aromatic N) is 1. The first kappa shape index (κ1) is 16.3. The van der Waals surface area contributed by atoms with Crippen LogP contribution >= 0.6 is 12.4 Å². The maximum atomic E-state index is 12.1. The van der Waals surface area contributed by atoms with Gasteiger partial charge in [0, 0.05) is 24.1 Å². The van der Waals surface area contributed by atoms with E-state index in [-0.39, 0.29) is 23.9 Å². The summed E-state index contributed by atoms with van der Waals surface area (Å²) in [6.45, 7) is 0.525. The Kier molecular flexibility index (Phi) is 5.27. The molecule has 2 saturated carbocycles. The summed E-state index contributed by atoms with van der Waals surface area (Å²) in [6, 6.07) is 1.77. The largest absolute Gasteiger partial charge is 0.360 e. The first-order chi connectivity index (χ1) is 9.66. The van der Waals surface area contributed by atoms with E-state index in [1.807, 2.05) is 0 Å². The molecule has 2 aliphatic carbocycles. The molecule has 1 heterocycles. The number of nitrogens with two attached hydrogens (primary N) is 1. The van der Waals surface area contributed by atoms with Crippen LogP contribution in [0.3, 0.4) is 0 Å². The van der Waals surface area contributed by atoms with Gasteiger partial charge in [0.15, 0.2) is 5.69 Å². The third kappa shape index (κ3) is 4.20. The molecule has 2 fully saturated rings. The van der Waals surface area contributed by atoms with E-state index in [0.29, 0.717) is 18.2 Å². The molecule has 1 aromatic heterocycles. The Bertz CT molecular complexity index is 477. The number of amides is 1. The van der Waals surface area contributed by atoms with Crippen LogP contribution in [-0.2, 0) is 0 Å². The van der Waals surface area contributed by atoms with Crippen molar-refractivity contribution in [3.8, 4) is 0 Å². The summed E-state index contributed by atoms with van der Waals surface area (Å²) in [6.07, 6.45) is 9.06. The molecular formula is C15H24ClN3O2. The number of carbonyl (C=O) groups is 1. The van der Waals surface area contributed by atoms with Crippen LogP contribution in [0.4, 0.5) is 0 Å². The highest BCUT2D eigenvalue weighted by Gasteiger charge is 2.30. The average molecular weight is 314 g/mol. The first-order valence-electron chi connectivity index (χ1n) is 7.70. The molecule has 1 aromatic rings. The minimum Gasteiger partial charge on any atom is -0.360 e. The molecule has 118 valence electrons. The van der Waals surface area contributed by atoms with Crippen molar-refractivity contribution in [3.63, 3.8) is 0 Å². The van der Waals surface area contributed by atoms with E-state index in [0.717, 1.165) is 44.3 Å². The number of hydrogen-bond acceptors (Lipinski definition) is 4. The second-order valence-corrected chi connectivity index (χ2v) is 6.35. The fourth-order valence-electron chi connectivity index (χ4n) is 2.91. The molecule has 6 heteroatoms. The molecule has 5 nitrogen and oxygen atoms in total. The van der Waals surface area contributed by atoms with Gasteiger partial charge in [0.1, 0.15) is 5.76 Å². The summed E-state index contributed by atoms with van der Waals surface area (Å²) in [4.78, 5) is 12.1. The van der Waals surface area contributed by atoms with Gasteiger partial charge in [-0.3, -0.25) is 4.79 Å². The molecule has 0 aromatic carbocycles. The average Bonchev–Trinajstić information content (AvgIpc) is 3.21. The van der Waals surface area contributed by atoms with Crippen molar-refractivity contribution in [2.24, 2.45) is 5.73 Å². The van der Waals surface area contributed by atoms with E-state index in [9.17, 15) is 4.79 Å². The zero-order valence-electron chi connectivity index (χ0n) is 12.3. The lowest BCUT2D eigenvalue weighted by molar-refractivity contribution is 0.0932. The Morgan fingerprint density at radius 2 is 2.00 bits per heavy atom. The van der Waals surface area contributed by atoms with Crippen LogP contribution in [-0.4, -0.2) is 23.1 Å². The van der Waals surface area contributed by atoms with Crippen LogP contribution in [0.5, 0.6) is 0 Å². The van der Waals surface area contributed by atoms with E-state index in [1.165, 1.54) is 12.8 Å². The Labute approximate surface area is 131 Å². The second-order valence-electron chi connectivity index (χ2n) is 6.35. The van der Waals surface area contributed by atoms with Crippen molar-refractivity contribution in [2.75, 3.05) is 6.54 Å². The standard InChI is InChI=1S/C15H23N3O2.ClH/c16-15(7-3-1-2-4-8-15)10-17-14(19)12-9-13(20-18-12)11-5-6-11;/h9,11H,1-8,10,16H2,(H,17,19);1H. The highest BCUT2D eigenvalue weighted by molar-refractivity contribution is 5.92. The number of rotatable bonds is 4. The molecule has 0 radical (unpaired) electrons. The molecule has 0 aliphatic heterocycles. The van der Waals surface area contributed by atoms with Crippen LogP contribution in [0.25, 0.3) is 0 Å². The maximum absolute atomic E-state index is 12.1. The molecular weight excluding hydrogens is 290 g/mol. The summed E-state index contributed by atoms with van der Waals surface area (Å²) in [5, 5.41) is 6.78. The lowest BCUT2D eigenvalue weighted by atomic mass is 9.91. The van der Waals surface area contributed by atoms with Crippen LogP contribution in [0.2, 0.25) is 0 Å². The van der Waals surface area contributed by atoms with E-state index in [4.69, 9.17) is 10.3 Å². The molecule has 3 N–H and O–H groups in total. The van der Waals surface area contributed by atoms with Gasteiger partial charge in [-0.25, -0.2) is 0 Å². The van der Waals surface area contributed by atoms with Gasteiger partial charge >= 0.3 is 0 Å².